The average molecular weight is 453 g/mol. The monoisotopic (exact) mass is 452 g/mol. The van der Waals surface area contributed by atoms with Crippen LogP contribution in [0.2, 0.25) is 5.04 Å². The van der Waals surface area contributed by atoms with E-state index in [0.29, 0.717) is 5.92 Å². The first-order valence-corrected chi connectivity index (χ1v) is 13.8. The molecule has 0 aromatic heterocycles. The lowest BCUT2D eigenvalue weighted by molar-refractivity contribution is 0.302. The SMILES string of the molecule is CC1=CC([SiH2]c2cc(C)cc(C)c2)(C(c2c(C)cccc2C)C2(C)C=CC=CC2)C(C)=C1C. The average Bonchev–Trinajstić information content (AvgIpc) is 2.94. The zero-order chi connectivity index (χ0) is 24.0. The molecule has 0 amide bonds. The Hall–Kier alpha value is -2.38. The zero-order valence-electron chi connectivity index (χ0n) is 21.8. The molecule has 3 unspecified atom stereocenters. The van der Waals surface area contributed by atoms with Crippen LogP contribution in [-0.4, -0.2) is 9.52 Å². The number of hydrogen-bond donors (Lipinski definition) is 0. The highest BCUT2D eigenvalue weighted by molar-refractivity contribution is 6.59. The van der Waals surface area contributed by atoms with Crippen LogP contribution >= 0.6 is 0 Å². The number of aryl methyl sites for hydroxylation is 4. The number of rotatable bonds is 5. The van der Waals surface area contributed by atoms with E-state index in [2.05, 4.69) is 122 Å². The Morgan fingerprint density at radius 3 is 2.00 bits per heavy atom. The lowest BCUT2D eigenvalue weighted by Crippen LogP contribution is -2.42. The molecular weight excluding hydrogens is 412 g/mol. The van der Waals surface area contributed by atoms with Crippen LogP contribution in [0.25, 0.3) is 0 Å². The van der Waals surface area contributed by atoms with Crippen molar-refractivity contribution in [2.24, 2.45) is 5.41 Å². The van der Waals surface area contributed by atoms with Crippen LogP contribution in [0.1, 0.15) is 67.9 Å². The molecule has 0 aliphatic heterocycles. The fraction of sp³-hybridized carbons (Fsp3) is 0.375. The van der Waals surface area contributed by atoms with Gasteiger partial charge in [-0.2, -0.15) is 0 Å². The van der Waals surface area contributed by atoms with Gasteiger partial charge < -0.3 is 0 Å². The van der Waals surface area contributed by atoms with E-state index in [1.54, 1.807) is 16.3 Å². The highest BCUT2D eigenvalue weighted by Gasteiger charge is 2.51. The molecule has 0 saturated heterocycles. The van der Waals surface area contributed by atoms with Crippen LogP contribution in [0.4, 0.5) is 0 Å². The van der Waals surface area contributed by atoms with Crippen molar-refractivity contribution in [2.75, 3.05) is 0 Å². The Morgan fingerprint density at radius 1 is 0.848 bits per heavy atom. The van der Waals surface area contributed by atoms with Crippen LogP contribution in [0.15, 0.2) is 83.5 Å². The van der Waals surface area contributed by atoms with Crippen LogP contribution in [0.3, 0.4) is 0 Å². The van der Waals surface area contributed by atoms with Crippen LogP contribution in [0.5, 0.6) is 0 Å². The number of hydrogen-bond acceptors (Lipinski definition) is 0. The molecule has 0 bridgehead atoms. The summed E-state index contributed by atoms with van der Waals surface area (Å²) in [7, 11) is -0.693. The molecule has 0 radical (unpaired) electrons. The summed E-state index contributed by atoms with van der Waals surface area (Å²) in [5.41, 5.74) is 11.8. The minimum absolute atomic E-state index is 0.0696. The van der Waals surface area contributed by atoms with E-state index in [1.807, 2.05) is 0 Å². The molecule has 0 nitrogen and oxygen atoms in total. The van der Waals surface area contributed by atoms with E-state index in [0.717, 1.165) is 6.42 Å². The molecule has 2 aliphatic carbocycles. The summed E-state index contributed by atoms with van der Waals surface area (Å²) < 4.78 is 0. The quantitative estimate of drug-likeness (QED) is 0.413. The molecular formula is C32H40Si. The van der Waals surface area contributed by atoms with E-state index in [9.17, 15) is 0 Å². The molecule has 0 spiro atoms. The highest BCUT2D eigenvalue weighted by Crippen LogP contribution is 2.63. The van der Waals surface area contributed by atoms with Gasteiger partial charge in [0.1, 0.15) is 0 Å². The first-order valence-electron chi connectivity index (χ1n) is 12.4. The summed E-state index contributed by atoms with van der Waals surface area (Å²) in [5, 5.41) is 1.66. The van der Waals surface area contributed by atoms with Crippen molar-refractivity contribution in [3.63, 3.8) is 0 Å². The minimum atomic E-state index is -0.693. The van der Waals surface area contributed by atoms with E-state index >= 15 is 0 Å². The first-order chi connectivity index (χ1) is 15.6. The summed E-state index contributed by atoms with van der Waals surface area (Å²) in [5.74, 6) is 0.410. The molecule has 2 aliphatic rings. The zero-order valence-corrected chi connectivity index (χ0v) is 23.3. The largest absolute Gasteiger partial charge is 0.0837 e. The van der Waals surface area contributed by atoms with Gasteiger partial charge in [-0.25, -0.2) is 0 Å². The minimum Gasteiger partial charge on any atom is -0.0837 e. The summed E-state index contributed by atoms with van der Waals surface area (Å²) in [6.07, 6.45) is 13.2. The Bertz CT molecular complexity index is 1160. The lowest BCUT2D eigenvalue weighted by Gasteiger charge is -2.49. The van der Waals surface area contributed by atoms with Crippen molar-refractivity contribution in [2.45, 2.75) is 72.8 Å². The van der Waals surface area contributed by atoms with Gasteiger partial charge in [0.15, 0.2) is 0 Å². The van der Waals surface area contributed by atoms with Gasteiger partial charge in [0, 0.05) is 11.0 Å². The fourth-order valence-corrected chi connectivity index (χ4v) is 10.1. The summed E-state index contributed by atoms with van der Waals surface area (Å²) in [6, 6.07) is 14.1. The smallest absolute Gasteiger partial charge is 0.0714 e. The third-order valence-corrected chi connectivity index (χ3v) is 10.9. The predicted octanol–water partition coefficient (Wildman–Crippen LogP) is 7.48. The number of allylic oxidation sites excluding steroid dienone is 8. The molecule has 4 rings (SSSR count). The summed E-state index contributed by atoms with van der Waals surface area (Å²) in [4.78, 5) is 0. The highest BCUT2D eigenvalue weighted by atomic mass is 28.2. The van der Waals surface area contributed by atoms with Crippen molar-refractivity contribution in [1.29, 1.82) is 0 Å². The van der Waals surface area contributed by atoms with Crippen molar-refractivity contribution in [3.8, 4) is 0 Å². The van der Waals surface area contributed by atoms with E-state index in [-0.39, 0.29) is 10.5 Å². The second-order valence-electron chi connectivity index (χ2n) is 11.0. The Kier molecular flexibility index (Phi) is 6.31. The third kappa shape index (κ3) is 4.17. The van der Waals surface area contributed by atoms with Crippen molar-refractivity contribution < 1.29 is 0 Å². The Balaban J connectivity index is 2.03. The van der Waals surface area contributed by atoms with Crippen LogP contribution in [0, 0.1) is 33.1 Å². The maximum Gasteiger partial charge on any atom is 0.0714 e. The van der Waals surface area contributed by atoms with Gasteiger partial charge in [-0.05, 0) is 82.6 Å². The molecule has 3 atom stereocenters. The molecule has 1 heteroatoms. The van der Waals surface area contributed by atoms with Gasteiger partial charge >= 0.3 is 0 Å². The maximum atomic E-state index is 2.69. The van der Waals surface area contributed by atoms with E-state index in [4.69, 9.17) is 0 Å². The normalized spacial score (nSPS) is 25.9. The predicted molar refractivity (Wildman–Crippen MR) is 149 cm³/mol. The van der Waals surface area contributed by atoms with E-state index < -0.39 is 9.52 Å². The fourth-order valence-electron chi connectivity index (χ4n) is 6.76. The van der Waals surface area contributed by atoms with Gasteiger partial charge in [0.25, 0.3) is 0 Å². The third-order valence-electron chi connectivity index (χ3n) is 8.39. The lowest BCUT2D eigenvalue weighted by atomic mass is 9.61. The molecule has 0 heterocycles. The molecule has 0 fully saturated rings. The first kappa shape index (κ1) is 23.8. The van der Waals surface area contributed by atoms with Gasteiger partial charge in [-0.3, -0.25) is 0 Å². The van der Waals surface area contributed by atoms with Crippen molar-refractivity contribution in [3.05, 3.63) is 111 Å². The molecule has 2 aromatic rings. The number of benzene rings is 2. The molecule has 0 N–H and O–H groups in total. The molecule has 172 valence electrons. The maximum absolute atomic E-state index is 2.69. The van der Waals surface area contributed by atoms with Crippen LogP contribution < -0.4 is 5.19 Å². The summed E-state index contributed by atoms with van der Waals surface area (Å²) >= 11 is 0. The Morgan fingerprint density at radius 2 is 1.48 bits per heavy atom. The standard InChI is InChI=1S/C32H40Si/c1-21-17-22(2)19-28(18-21)33-32(20-25(5)26(6)27(32)7)30(31(8)15-10-9-11-16-31)29-23(3)13-12-14-24(29)4/h9-15,17-20,30H,16,33H2,1-8H3. The van der Waals surface area contributed by atoms with Gasteiger partial charge in [-0.15, -0.1) is 0 Å². The van der Waals surface area contributed by atoms with Crippen molar-refractivity contribution in [1.82, 2.24) is 0 Å². The van der Waals surface area contributed by atoms with Gasteiger partial charge in [-0.1, -0.05) is 101 Å². The Labute approximate surface area is 204 Å². The second kappa shape index (κ2) is 8.76. The van der Waals surface area contributed by atoms with E-state index in [1.165, 1.54) is 33.4 Å². The second-order valence-corrected chi connectivity index (χ2v) is 13.4. The van der Waals surface area contributed by atoms with Gasteiger partial charge in [0.2, 0.25) is 0 Å². The van der Waals surface area contributed by atoms with Crippen molar-refractivity contribution >= 4 is 14.7 Å². The molecule has 33 heavy (non-hydrogen) atoms. The van der Waals surface area contributed by atoms with Gasteiger partial charge in [0.05, 0.1) is 9.52 Å². The summed E-state index contributed by atoms with van der Waals surface area (Å²) in [6.45, 7) is 18.8. The van der Waals surface area contributed by atoms with Crippen LogP contribution in [-0.2, 0) is 0 Å². The molecule has 2 aromatic carbocycles. The molecule has 0 saturated carbocycles. The topological polar surface area (TPSA) is 0 Å².